The second-order valence-electron chi connectivity index (χ2n) is 5.71. The molecule has 6 heteroatoms. The number of anilines is 2. The van der Waals surface area contributed by atoms with Crippen molar-refractivity contribution in [1.82, 2.24) is 0 Å². The van der Waals surface area contributed by atoms with Crippen LogP contribution in [-0.4, -0.2) is 17.5 Å². The molecule has 110 valence electrons. The van der Waals surface area contributed by atoms with Gasteiger partial charge in [-0.25, -0.2) is 0 Å². The number of alkyl halides is 3. The molecule has 0 spiro atoms. The van der Waals surface area contributed by atoms with Crippen LogP contribution in [0.15, 0.2) is 18.2 Å². The van der Waals surface area contributed by atoms with Gasteiger partial charge in [0.25, 0.3) is 0 Å². The predicted octanol–water partition coefficient (Wildman–Crippen LogP) is 3.65. The summed E-state index contributed by atoms with van der Waals surface area (Å²) in [5.41, 5.74) is -0.753. The summed E-state index contributed by atoms with van der Waals surface area (Å²) in [4.78, 5) is 14.0. The standard InChI is InChI=1S/C14H17F3N2O/c1-8(2)19-11-6-5-9(14(15,16)17)7-10(11)18-12(20)13(19,3)4/h5-8H,1-4H3,(H,18,20). The Hall–Kier alpha value is -1.72. The molecule has 0 radical (unpaired) electrons. The van der Waals surface area contributed by atoms with Gasteiger partial charge in [0.1, 0.15) is 5.54 Å². The average molecular weight is 286 g/mol. The predicted molar refractivity (Wildman–Crippen MR) is 71.8 cm³/mol. The summed E-state index contributed by atoms with van der Waals surface area (Å²) in [6.45, 7) is 7.31. The molecule has 0 saturated carbocycles. The maximum Gasteiger partial charge on any atom is 0.416 e. The molecule has 0 unspecified atom stereocenters. The van der Waals surface area contributed by atoms with Crippen molar-refractivity contribution in [2.45, 2.75) is 45.5 Å². The minimum absolute atomic E-state index is 0.00784. The molecule has 0 fully saturated rings. The molecular weight excluding hydrogens is 269 g/mol. The molecule has 0 saturated heterocycles. The molecule has 1 aliphatic heterocycles. The van der Waals surface area contributed by atoms with Gasteiger partial charge in [0, 0.05) is 6.04 Å². The Balaban J connectivity index is 2.58. The Morgan fingerprint density at radius 2 is 1.85 bits per heavy atom. The van der Waals surface area contributed by atoms with E-state index in [1.807, 2.05) is 18.7 Å². The number of benzene rings is 1. The molecule has 1 amide bonds. The third-order valence-electron chi connectivity index (χ3n) is 3.51. The van der Waals surface area contributed by atoms with Crippen LogP contribution in [0.25, 0.3) is 0 Å². The van der Waals surface area contributed by atoms with E-state index in [1.165, 1.54) is 6.07 Å². The number of halogens is 3. The van der Waals surface area contributed by atoms with Crippen LogP contribution in [0.5, 0.6) is 0 Å². The number of carbonyl (C=O) groups excluding carboxylic acids is 1. The van der Waals surface area contributed by atoms with Crippen molar-refractivity contribution >= 4 is 17.3 Å². The summed E-state index contributed by atoms with van der Waals surface area (Å²) in [5, 5.41) is 2.57. The third-order valence-corrected chi connectivity index (χ3v) is 3.51. The molecule has 0 atom stereocenters. The molecular formula is C14H17F3N2O. The van der Waals surface area contributed by atoms with Crippen molar-refractivity contribution in [1.29, 1.82) is 0 Å². The van der Waals surface area contributed by atoms with Crippen LogP contribution < -0.4 is 10.2 Å². The van der Waals surface area contributed by atoms with E-state index in [2.05, 4.69) is 5.32 Å². The molecule has 1 N–H and O–H groups in total. The maximum atomic E-state index is 12.7. The lowest BCUT2D eigenvalue weighted by atomic mass is 9.94. The van der Waals surface area contributed by atoms with Gasteiger partial charge < -0.3 is 10.2 Å². The van der Waals surface area contributed by atoms with Crippen LogP contribution in [0.4, 0.5) is 24.5 Å². The lowest BCUT2D eigenvalue weighted by Gasteiger charge is -2.46. The number of hydrogen-bond donors (Lipinski definition) is 1. The Kier molecular flexibility index (Phi) is 3.23. The van der Waals surface area contributed by atoms with E-state index in [0.29, 0.717) is 5.69 Å². The summed E-state index contributed by atoms with van der Waals surface area (Å²) in [7, 11) is 0. The number of nitrogens with one attached hydrogen (secondary N) is 1. The molecule has 0 bridgehead atoms. The van der Waals surface area contributed by atoms with Crippen LogP contribution in [0.2, 0.25) is 0 Å². The zero-order valence-corrected chi connectivity index (χ0v) is 11.8. The van der Waals surface area contributed by atoms with Crippen LogP contribution in [0.3, 0.4) is 0 Å². The highest BCUT2D eigenvalue weighted by Gasteiger charge is 2.42. The first-order valence-corrected chi connectivity index (χ1v) is 6.37. The lowest BCUT2D eigenvalue weighted by molar-refractivity contribution is -0.137. The molecule has 1 aromatic rings. The largest absolute Gasteiger partial charge is 0.416 e. The SMILES string of the molecule is CC(C)N1c2ccc(C(F)(F)F)cc2NC(=O)C1(C)C. The zero-order chi connectivity index (χ0) is 15.3. The van der Waals surface area contributed by atoms with Gasteiger partial charge in [-0.05, 0) is 45.9 Å². The minimum atomic E-state index is -4.42. The Bertz CT molecular complexity index is 550. The van der Waals surface area contributed by atoms with E-state index >= 15 is 0 Å². The van der Waals surface area contributed by atoms with E-state index in [9.17, 15) is 18.0 Å². The highest BCUT2D eigenvalue weighted by atomic mass is 19.4. The summed E-state index contributed by atoms with van der Waals surface area (Å²) in [5.74, 6) is -0.307. The quantitative estimate of drug-likeness (QED) is 0.854. The molecule has 2 rings (SSSR count). The van der Waals surface area contributed by atoms with Gasteiger partial charge in [0.2, 0.25) is 5.91 Å². The Morgan fingerprint density at radius 1 is 1.25 bits per heavy atom. The molecule has 1 heterocycles. The topological polar surface area (TPSA) is 32.3 Å². The second kappa shape index (κ2) is 4.40. The van der Waals surface area contributed by atoms with Crippen molar-refractivity contribution in [3.8, 4) is 0 Å². The first-order valence-electron chi connectivity index (χ1n) is 6.37. The van der Waals surface area contributed by atoms with E-state index in [-0.39, 0.29) is 17.6 Å². The maximum absolute atomic E-state index is 12.7. The number of hydrogen-bond acceptors (Lipinski definition) is 2. The number of nitrogens with zero attached hydrogens (tertiary/aromatic N) is 1. The second-order valence-corrected chi connectivity index (χ2v) is 5.71. The number of carbonyl (C=O) groups is 1. The first kappa shape index (κ1) is 14.7. The monoisotopic (exact) mass is 286 g/mol. The van der Waals surface area contributed by atoms with Gasteiger partial charge >= 0.3 is 6.18 Å². The van der Waals surface area contributed by atoms with Gasteiger partial charge in [-0.15, -0.1) is 0 Å². The fourth-order valence-electron chi connectivity index (χ4n) is 2.63. The highest BCUT2D eigenvalue weighted by Crippen LogP contribution is 2.41. The number of amides is 1. The molecule has 0 aliphatic carbocycles. The van der Waals surface area contributed by atoms with Crippen LogP contribution in [-0.2, 0) is 11.0 Å². The van der Waals surface area contributed by atoms with Crippen molar-refractivity contribution in [3.05, 3.63) is 23.8 Å². The van der Waals surface area contributed by atoms with Crippen LogP contribution >= 0.6 is 0 Å². The lowest BCUT2D eigenvalue weighted by Crippen LogP contribution is -2.58. The van der Waals surface area contributed by atoms with Gasteiger partial charge in [-0.2, -0.15) is 13.2 Å². The van der Waals surface area contributed by atoms with Crippen molar-refractivity contribution in [3.63, 3.8) is 0 Å². The van der Waals surface area contributed by atoms with Gasteiger partial charge in [-0.1, -0.05) is 0 Å². The van der Waals surface area contributed by atoms with Crippen LogP contribution in [0.1, 0.15) is 33.3 Å². The van der Waals surface area contributed by atoms with E-state index in [4.69, 9.17) is 0 Å². The average Bonchev–Trinajstić information content (AvgIpc) is 2.27. The van der Waals surface area contributed by atoms with E-state index in [0.717, 1.165) is 12.1 Å². The third kappa shape index (κ3) is 2.23. The smallest absolute Gasteiger partial charge is 0.353 e. The van der Waals surface area contributed by atoms with E-state index in [1.54, 1.807) is 13.8 Å². The normalized spacial score (nSPS) is 18.0. The van der Waals surface area contributed by atoms with Crippen molar-refractivity contribution in [2.24, 2.45) is 0 Å². The molecule has 1 aromatic carbocycles. The zero-order valence-electron chi connectivity index (χ0n) is 11.8. The van der Waals surface area contributed by atoms with E-state index < -0.39 is 17.3 Å². The fraction of sp³-hybridized carbons (Fsp3) is 0.500. The first-order chi connectivity index (χ1) is 9.05. The summed E-state index contributed by atoms with van der Waals surface area (Å²) < 4.78 is 38.2. The molecule has 20 heavy (non-hydrogen) atoms. The molecule has 0 aromatic heterocycles. The fourth-order valence-corrected chi connectivity index (χ4v) is 2.63. The Morgan fingerprint density at radius 3 is 2.35 bits per heavy atom. The highest BCUT2D eigenvalue weighted by molar-refractivity contribution is 6.06. The minimum Gasteiger partial charge on any atom is -0.353 e. The summed E-state index contributed by atoms with van der Waals surface area (Å²) >= 11 is 0. The van der Waals surface area contributed by atoms with Crippen molar-refractivity contribution in [2.75, 3.05) is 10.2 Å². The van der Waals surface area contributed by atoms with Gasteiger partial charge in [0.05, 0.1) is 16.9 Å². The van der Waals surface area contributed by atoms with Crippen molar-refractivity contribution < 1.29 is 18.0 Å². The van der Waals surface area contributed by atoms with Gasteiger partial charge in [0.15, 0.2) is 0 Å². The van der Waals surface area contributed by atoms with Gasteiger partial charge in [-0.3, -0.25) is 4.79 Å². The van der Waals surface area contributed by atoms with Crippen LogP contribution in [0, 0.1) is 0 Å². The molecule has 3 nitrogen and oxygen atoms in total. The number of fused-ring (bicyclic) bond motifs is 1. The Labute approximate surface area is 115 Å². The number of rotatable bonds is 1. The summed E-state index contributed by atoms with van der Waals surface area (Å²) in [6, 6.07) is 3.44. The molecule has 1 aliphatic rings. The summed E-state index contributed by atoms with van der Waals surface area (Å²) in [6.07, 6.45) is -4.42.